The van der Waals surface area contributed by atoms with Gasteiger partial charge in [-0.05, 0) is 12.1 Å². The Labute approximate surface area is 84.9 Å². The van der Waals surface area contributed by atoms with Gasteiger partial charge in [-0.15, -0.1) is 4.98 Å². The van der Waals surface area contributed by atoms with Gasteiger partial charge < -0.3 is 21.4 Å². The van der Waals surface area contributed by atoms with Crippen molar-refractivity contribution in [3.63, 3.8) is 0 Å². The van der Waals surface area contributed by atoms with E-state index in [1.165, 1.54) is 12.1 Å². The van der Waals surface area contributed by atoms with Gasteiger partial charge in [-0.2, -0.15) is 4.99 Å². The Morgan fingerprint density at radius 1 is 1.53 bits per heavy atom. The van der Waals surface area contributed by atoms with E-state index in [-0.39, 0.29) is 17.3 Å². The topological polar surface area (TPSA) is 119 Å². The van der Waals surface area contributed by atoms with E-state index in [0.29, 0.717) is 0 Å². The van der Waals surface area contributed by atoms with Crippen molar-refractivity contribution in [2.75, 3.05) is 0 Å². The molecule has 0 atom stereocenters. The molecule has 0 aromatic carbocycles. The highest BCUT2D eigenvalue weighted by Gasteiger charge is 2.17. The van der Waals surface area contributed by atoms with Crippen LogP contribution in [-0.2, 0) is 0 Å². The molecule has 15 heavy (non-hydrogen) atoms. The predicted molar refractivity (Wildman–Crippen MR) is 52.3 cm³/mol. The van der Waals surface area contributed by atoms with E-state index in [0.717, 1.165) is 0 Å². The van der Waals surface area contributed by atoms with Crippen molar-refractivity contribution in [3.05, 3.63) is 29.2 Å². The van der Waals surface area contributed by atoms with Crippen LogP contribution in [0.4, 0.5) is 5.82 Å². The van der Waals surface area contributed by atoms with Crippen LogP contribution in [-0.4, -0.2) is 22.0 Å². The highest BCUT2D eigenvalue weighted by molar-refractivity contribution is 6.02. The summed E-state index contributed by atoms with van der Waals surface area (Å²) in [5.41, 5.74) is 9.63. The van der Waals surface area contributed by atoms with Crippen molar-refractivity contribution in [1.29, 1.82) is 0 Å². The summed E-state index contributed by atoms with van der Waals surface area (Å²) in [5.74, 6) is -1.73. The Hall–Kier alpha value is -2.62. The molecule has 0 spiro atoms. The van der Waals surface area contributed by atoms with Crippen molar-refractivity contribution in [1.82, 2.24) is 4.98 Å². The molecule has 1 amide bonds. The largest absolute Gasteiger partial charge is 0.504 e. The first-order valence-electron chi connectivity index (χ1n) is 3.76. The summed E-state index contributed by atoms with van der Waals surface area (Å²) in [6.45, 7) is 6.68. The lowest BCUT2D eigenvalue weighted by molar-refractivity contribution is 0.0995. The molecule has 1 rings (SSSR count). The average molecular weight is 205 g/mol. The number of guanidine groups is 1. The van der Waals surface area contributed by atoms with Crippen molar-refractivity contribution < 1.29 is 9.90 Å². The van der Waals surface area contributed by atoms with E-state index in [1.54, 1.807) is 0 Å². The molecule has 1 heterocycles. The number of aliphatic imine (C=N–C) groups is 1. The summed E-state index contributed by atoms with van der Waals surface area (Å²) in [6, 6.07) is 2.45. The summed E-state index contributed by atoms with van der Waals surface area (Å²) < 4.78 is 0. The smallest absolute Gasteiger partial charge is 0.326 e. The summed E-state index contributed by atoms with van der Waals surface area (Å²) in [4.78, 5) is 21.0. The molecule has 76 valence electrons. The molecule has 0 saturated heterocycles. The van der Waals surface area contributed by atoms with Gasteiger partial charge in [0.15, 0.2) is 11.7 Å². The highest BCUT2D eigenvalue weighted by atomic mass is 16.3. The quantitative estimate of drug-likeness (QED) is 0.332. The number of nitrogens with two attached hydrogens (primary N) is 2. The van der Waals surface area contributed by atoms with Gasteiger partial charge in [-0.3, -0.25) is 4.79 Å². The number of nitrogens with zero attached hydrogens (tertiary/aromatic N) is 3. The molecule has 0 unspecified atom stereocenters. The van der Waals surface area contributed by atoms with E-state index in [2.05, 4.69) is 14.8 Å². The van der Waals surface area contributed by atoms with Crippen molar-refractivity contribution >= 4 is 17.7 Å². The average Bonchev–Trinajstić information content (AvgIpc) is 2.17. The zero-order chi connectivity index (χ0) is 11.4. The summed E-state index contributed by atoms with van der Waals surface area (Å²) in [5, 5.41) is 9.28. The SMILES string of the molecule is [C-]#[N+]c1ccc(O)c(C(=O)N=C(N)N)n1. The van der Waals surface area contributed by atoms with Gasteiger partial charge in [0, 0.05) is 0 Å². The molecular weight excluding hydrogens is 198 g/mol. The number of aromatic nitrogens is 1. The van der Waals surface area contributed by atoms with E-state index < -0.39 is 11.9 Å². The Balaban J connectivity index is 3.20. The molecule has 0 saturated carbocycles. The van der Waals surface area contributed by atoms with Gasteiger partial charge in [0.25, 0.3) is 11.5 Å². The van der Waals surface area contributed by atoms with Gasteiger partial charge in [-0.1, -0.05) is 6.57 Å². The molecule has 1 aromatic rings. The Kier molecular flexibility index (Phi) is 2.83. The molecule has 7 nitrogen and oxygen atoms in total. The highest BCUT2D eigenvalue weighted by Crippen LogP contribution is 2.19. The molecule has 5 N–H and O–H groups in total. The second-order valence-corrected chi connectivity index (χ2v) is 2.49. The van der Waals surface area contributed by atoms with Gasteiger partial charge in [0.2, 0.25) is 0 Å². The summed E-state index contributed by atoms with van der Waals surface area (Å²) in [7, 11) is 0. The molecule has 0 bridgehead atoms. The third kappa shape index (κ3) is 2.41. The minimum Gasteiger partial charge on any atom is -0.504 e. The summed E-state index contributed by atoms with van der Waals surface area (Å²) >= 11 is 0. The molecule has 1 aromatic heterocycles. The van der Waals surface area contributed by atoms with Gasteiger partial charge in [0.1, 0.15) is 0 Å². The third-order valence-electron chi connectivity index (χ3n) is 1.41. The monoisotopic (exact) mass is 205 g/mol. The van der Waals surface area contributed by atoms with Crippen molar-refractivity contribution in [2.45, 2.75) is 0 Å². The second-order valence-electron chi connectivity index (χ2n) is 2.49. The Bertz CT molecular complexity index is 470. The van der Waals surface area contributed by atoms with Crippen LogP contribution in [0.3, 0.4) is 0 Å². The van der Waals surface area contributed by atoms with E-state index in [4.69, 9.17) is 18.0 Å². The molecule has 0 aliphatic heterocycles. The summed E-state index contributed by atoms with van der Waals surface area (Å²) in [6.07, 6.45) is 0. The number of carbonyl (C=O) groups is 1. The number of hydrogen-bond donors (Lipinski definition) is 3. The minimum atomic E-state index is -0.891. The minimum absolute atomic E-state index is 0.0260. The molecule has 0 fully saturated rings. The van der Waals surface area contributed by atoms with Gasteiger partial charge in [0.05, 0.1) is 0 Å². The molecule has 0 radical (unpaired) electrons. The lowest BCUT2D eigenvalue weighted by Crippen LogP contribution is -2.24. The molecule has 0 aliphatic rings. The number of carbonyl (C=O) groups excluding carboxylic acids is 1. The van der Waals surface area contributed by atoms with Crippen LogP contribution in [0.15, 0.2) is 17.1 Å². The first-order chi connectivity index (χ1) is 7.04. The number of hydrogen-bond acceptors (Lipinski definition) is 3. The van der Waals surface area contributed by atoms with E-state index in [9.17, 15) is 9.90 Å². The van der Waals surface area contributed by atoms with Crippen LogP contribution in [0.25, 0.3) is 4.85 Å². The molecule has 7 heteroatoms. The van der Waals surface area contributed by atoms with Crippen LogP contribution in [0.5, 0.6) is 5.75 Å². The van der Waals surface area contributed by atoms with Crippen molar-refractivity contribution in [3.8, 4) is 5.75 Å². The maximum absolute atomic E-state index is 11.3. The fraction of sp³-hybridized carbons (Fsp3) is 0. The van der Waals surface area contributed by atoms with Crippen LogP contribution in [0.1, 0.15) is 10.5 Å². The van der Waals surface area contributed by atoms with E-state index in [1.807, 2.05) is 0 Å². The number of rotatable bonds is 1. The Morgan fingerprint density at radius 2 is 2.20 bits per heavy atom. The maximum Gasteiger partial charge on any atom is 0.326 e. The third-order valence-corrected chi connectivity index (χ3v) is 1.41. The number of aromatic hydroxyl groups is 1. The normalized spacial score (nSPS) is 9.00. The van der Waals surface area contributed by atoms with E-state index >= 15 is 0 Å². The van der Waals surface area contributed by atoms with Gasteiger partial charge in [-0.25, -0.2) is 0 Å². The molecule has 0 aliphatic carbocycles. The van der Waals surface area contributed by atoms with Crippen molar-refractivity contribution in [2.24, 2.45) is 16.5 Å². The Morgan fingerprint density at radius 3 is 2.73 bits per heavy atom. The maximum atomic E-state index is 11.3. The first kappa shape index (κ1) is 10.5. The van der Waals surface area contributed by atoms with Crippen LogP contribution in [0.2, 0.25) is 0 Å². The fourth-order valence-electron chi connectivity index (χ4n) is 0.831. The van der Waals surface area contributed by atoms with Crippen LogP contribution < -0.4 is 11.5 Å². The lowest BCUT2D eigenvalue weighted by atomic mass is 10.3. The zero-order valence-corrected chi connectivity index (χ0v) is 7.51. The van der Waals surface area contributed by atoms with Crippen LogP contribution >= 0.6 is 0 Å². The van der Waals surface area contributed by atoms with Gasteiger partial charge >= 0.3 is 5.91 Å². The molecular formula is C8H7N5O2. The fourth-order valence-corrected chi connectivity index (χ4v) is 0.831. The zero-order valence-electron chi connectivity index (χ0n) is 7.51. The van der Waals surface area contributed by atoms with Crippen LogP contribution in [0, 0.1) is 6.57 Å². The second kappa shape index (κ2) is 4.06. The lowest BCUT2D eigenvalue weighted by Gasteiger charge is -1.96. The number of pyridine rings is 1. The number of amides is 1. The first-order valence-corrected chi connectivity index (χ1v) is 3.76. The predicted octanol–water partition coefficient (Wildman–Crippen LogP) is -0.248. The standard InChI is InChI=1S/C8H7N5O2/c1-11-5-3-2-4(14)6(12-5)7(15)13-8(9)10/h2-3,14H,(H4,9,10,13,15).